The Hall–Kier alpha value is -0.570. The summed E-state index contributed by atoms with van der Waals surface area (Å²) in [5, 5.41) is 0. The topological polar surface area (TPSA) is 35.5 Å². The van der Waals surface area contributed by atoms with E-state index in [1.807, 2.05) is 13.8 Å². The molecule has 0 amide bonds. The summed E-state index contributed by atoms with van der Waals surface area (Å²) in [4.78, 5) is 11.7. The van der Waals surface area contributed by atoms with Crippen LogP contribution in [-0.4, -0.2) is 18.4 Å². The maximum atomic E-state index is 11.7. The van der Waals surface area contributed by atoms with Crippen LogP contribution in [0.5, 0.6) is 0 Å². The lowest BCUT2D eigenvalue weighted by molar-refractivity contribution is -0.232. The van der Waals surface area contributed by atoms with Crippen molar-refractivity contribution in [1.29, 1.82) is 0 Å². The minimum absolute atomic E-state index is 0.0232. The second-order valence-corrected chi connectivity index (χ2v) is 7.52. The summed E-state index contributed by atoms with van der Waals surface area (Å²) in [6, 6.07) is 0. The van der Waals surface area contributed by atoms with Crippen molar-refractivity contribution in [2.45, 2.75) is 64.9 Å². The van der Waals surface area contributed by atoms with Crippen molar-refractivity contribution in [2.75, 3.05) is 6.79 Å². The van der Waals surface area contributed by atoms with Crippen LogP contribution in [0, 0.1) is 29.6 Å². The van der Waals surface area contributed by atoms with E-state index in [2.05, 4.69) is 6.92 Å². The molecule has 3 nitrogen and oxygen atoms in total. The fourth-order valence-corrected chi connectivity index (χ4v) is 4.88. The third-order valence-corrected chi connectivity index (χ3v) is 6.35. The molecule has 20 heavy (non-hydrogen) atoms. The number of rotatable bonds is 5. The first-order chi connectivity index (χ1) is 9.53. The average molecular weight is 280 g/mol. The standard InChI is InChI=1S/C17H28O3/c1-4-11(2)16(18)19-10-20-17(3)14-6-12-5-13(8-14)9-15(17)7-12/h11-15H,4-10H2,1-3H3. The Morgan fingerprint density at radius 3 is 2.20 bits per heavy atom. The van der Waals surface area contributed by atoms with E-state index in [1.165, 1.54) is 32.1 Å². The van der Waals surface area contributed by atoms with E-state index in [0.717, 1.165) is 18.3 Å². The molecule has 3 heteroatoms. The molecule has 4 rings (SSSR count). The number of hydrogen-bond acceptors (Lipinski definition) is 3. The van der Waals surface area contributed by atoms with E-state index in [-0.39, 0.29) is 24.3 Å². The smallest absolute Gasteiger partial charge is 0.310 e. The molecule has 0 heterocycles. The maximum absolute atomic E-state index is 11.7. The summed E-state index contributed by atoms with van der Waals surface area (Å²) in [7, 11) is 0. The molecule has 4 bridgehead atoms. The van der Waals surface area contributed by atoms with Crippen LogP contribution in [-0.2, 0) is 14.3 Å². The van der Waals surface area contributed by atoms with Crippen molar-refractivity contribution in [3.63, 3.8) is 0 Å². The van der Waals surface area contributed by atoms with E-state index in [9.17, 15) is 4.79 Å². The third kappa shape index (κ3) is 2.38. The first kappa shape index (κ1) is 14.4. The van der Waals surface area contributed by atoms with Gasteiger partial charge in [-0.1, -0.05) is 13.8 Å². The Morgan fingerprint density at radius 1 is 1.15 bits per heavy atom. The zero-order valence-corrected chi connectivity index (χ0v) is 13.1. The van der Waals surface area contributed by atoms with Gasteiger partial charge in [-0.25, -0.2) is 0 Å². The second kappa shape index (κ2) is 5.32. The van der Waals surface area contributed by atoms with Crippen LogP contribution in [0.4, 0.5) is 0 Å². The Bertz CT molecular complexity index is 348. The highest BCUT2D eigenvalue weighted by atomic mass is 16.7. The summed E-state index contributed by atoms with van der Waals surface area (Å²) < 4.78 is 11.4. The molecule has 0 radical (unpaired) electrons. The summed E-state index contributed by atoms with van der Waals surface area (Å²) in [6.07, 6.45) is 7.56. The van der Waals surface area contributed by atoms with Gasteiger partial charge in [0.15, 0.2) is 6.79 Å². The molecule has 0 aromatic heterocycles. The molecule has 0 spiro atoms. The van der Waals surface area contributed by atoms with Crippen molar-refractivity contribution in [2.24, 2.45) is 29.6 Å². The van der Waals surface area contributed by atoms with Crippen LogP contribution >= 0.6 is 0 Å². The highest BCUT2D eigenvalue weighted by Gasteiger charge is 2.55. The highest BCUT2D eigenvalue weighted by Crippen LogP contribution is 2.59. The molecule has 4 fully saturated rings. The third-order valence-electron chi connectivity index (χ3n) is 6.35. The van der Waals surface area contributed by atoms with Crippen molar-refractivity contribution < 1.29 is 14.3 Å². The molecule has 0 aromatic rings. The van der Waals surface area contributed by atoms with Crippen LogP contribution in [0.15, 0.2) is 0 Å². The van der Waals surface area contributed by atoms with Crippen molar-refractivity contribution >= 4 is 5.97 Å². The van der Waals surface area contributed by atoms with Gasteiger partial charge in [0, 0.05) is 0 Å². The van der Waals surface area contributed by atoms with E-state index < -0.39 is 0 Å². The van der Waals surface area contributed by atoms with Gasteiger partial charge in [0.25, 0.3) is 0 Å². The van der Waals surface area contributed by atoms with E-state index in [1.54, 1.807) is 0 Å². The van der Waals surface area contributed by atoms with Gasteiger partial charge in [0.1, 0.15) is 0 Å². The number of carbonyl (C=O) groups excluding carboxylic acids is 1. The predicted octanol–water partition coefficient (Wildman–Crippen LogP) is 3.76. The number of ether oxygens (including phenoxy) is 2. The SMILES string of the molecule is CCC(C)C(=O)OCOC1(C)C2CC3CC(C2)CC1C3. The Morgan fingerprint density at radius 2 is 1.70 bits per heavy atom. The zero-order valence-electron chi connectivity index (χ0n) is 13.1. The second-order valence-electron chi connectivity index (χ2n) is 7.52. The molecule has 114 valence electrons. The van der Waals surface area contributed by atoms with Crippen LogP contribution in [0.3, 0.4) is 0 Å². The molecule has 4 aliphatic rings. The average Bonchev–Trinajstić information content (AvgIpc) is 2.43. The first-order valence-electron chi connectivity index (χ1n) is 8.33. The molecule has 1 unspecified atom stereocenters. The van der Waals surface area contributed by atoms with Crippen molar-refractivity contribution in [3.8, 4) is 0 Å². The van der Waals surface area contributed by atoms with Crippen LogP contribution in [0.2, 0.25) is 0 Å². The molecular weight excluding hydrogens is 252 g/mol. The molecular formula is C17H28O3. The molecule has 0 aliphatic heterocycles. The van der Waals surface area contributed by atoms with E-state index in [0.29, 0.717) is 11.8 Å². The summed E-state index contributed by atoms with van der Waals surface area (Å²) in [5.74, 6) is 3.10. The van der Waals surface area contributed by atoms with Crippen molar-refractivity contribution in [3.05, 3.63) is 0 Å². The van der Waals surface area contributed by atoms with E-state index >= 15 is 0 Å². The lowest BCUT2D eigenvalue weighted by atomic mass is 9.50. The fraction of sp³-hybridized carbons (Fsp3) is 0.941. The van der Waals surface area contributed by atoms with Gasteiger partial charge in [-0.3, -0.25) is 4.79 Å². The van der Waals surface area contributed by atoms with Crippen molar-refractivity contribution in [1.82, 2.24) is 0 Å². The monoisotopic (exact) mass is 280 g/mol. The molecule has 4 saturated carbocycles. The largest absolute Gasteiger partial charge is 0.438 e. The number of esters is 1. The summed E-state index contributed by atoms with van der Waals surface area (Å²) in [6.45, 7) is 6.32. The predicted molar refractivity (Wildman–Crippen MR) is 76.9 cm³/mol. The molecule has 0 aromatic carbocycles. The van der Waals surface area contributed by atoms with Gasteiger partial charge in [-0.15, -0.1) is 0 Å². The molecule has 4 aliphatic carbocycles. The molecule has 0 N–H and O–H groups in total. The first-order valence-corrected chi connectivity index (χ1v) is 8.33. The van der Waals surface area contributed by atoms with Gasteiger partial charge >= 0.3 is 5.97 Å². The van der Waals surface area contributed by atoms with Crippen LogP contribution < -0.4 is 0 Å². The molecule has 1 atom stereocenters. The maximum Gasteiger partial charge on any atom is 0.310 e. The fourth-order valence-electron chi connectivity index (χ4n) is 4.88. The lowest BCUT2D eigenvalue weighted by Crippen LogP contribution is -2.57. The lowest BCUT2D eigenvalue weighted by Gasteiger charge is -2.59. The van der Waals surface area contributed by atoms with Gasteiger partial charge < -0.3 is 9.47 Å². The highest BCUT2D eigenvalue weighted by molar-refractivity contribution is 5.71. The summed E-state index contributed by atoms with van der Waals surface area (Å²) >= 11 is 0. The minimum Gasteiger partial charge on any atom is -0.438 e. The van der Waals surface area contributed by atoms with Gasteiger partial charge in [0.2, 0.25) is 0 Å². The quantitative estimate of drug-likeness (QED) is 0.568. The van der Waals surface area contributed by atoms with Crippen LogP contribution in [0.1, 0.15) is 59.3 Å². The Labute approximate surface area is 122 Å². The Balaban J connectivity index is 1.56. The van der Waals surface area contributed by atoms with Gasteiger partial charge in [0.05, 0.1) is 11.5 Å². The van der Waals surface area contributed by atoms with Gasteiger partial charge in [-0.2, -0.15) is 0 Å². The summed E-state index contributed by atoms with van der Waals surface area (Å²) in [5.41, 5.74) is -0.0524. The number of hydrogen-bond donors (Lipinski definition) is 0. The molecule has 0 saturated heterocycles. The zero-order chi connectivity index (χ0) is 14.3. The van der Waals surface area contributed by atoms with E-state index in [4.69, 9.17) is 9.47 Å². The number of carbonyl (C=O) groups is 1. The Kier molecular flexibility index (Phi) is 3.83. The normalized spacial score (nSPS) is 43.5. The van der Waals surface area contributed by atoms with Crippen LogP contribution in [0.25, 0.3) is 0 Å². The van der Waals surface area contributed by atoms with Gasteiger partial charge in [-0.05, 0) is 69.1 Å². The minimum atomic E-state index is -0.125.